The molecule has 0 aromatic heterocycles. The highest BCUT2D eigenvalue weighted by molar-refractivity contribution is 7.91. The van der Waals surface area contributed by atoms with E-state index in [0.29, 0.717) is 17.7 Å². The minimum absolute atomic E-state index is 0.103. The molecule has 1 aliphatic heterocycles. The second-order valence-corrected chi connectivity index (χ2v) is 9.01. The van der Waals surface area contributed by atoms with E-state index in [1.54, 1.807) is 18.2 Å². The first-order chi connectivity index (χ1) is 9.34. The van der Waals surface area contributed by atoms with Crippen LogP contribution in [0.25, 0.3) is 0 Å². The van der Waals surface area contributed by atoms with Gasteiger partial charge in [-0.2, -0.15) is 0 Å². The van der Waals surface area contributed by atoms with Gasteiger partial charge in [0.2, 0.25) is 10.0 Å². The van der Waals surface area contributed by atoms with Crippen molar-refractivity contribution < 1.29 is 16.8 Å². The molecule has 0 bridgehead atoms. The summed E-state index contributed by atoms with van der Waals surface area (Å²) >= 11 is 0. The summed E-state index contributed by atoms with van der Waals surface area (Å²) in [6.45, 7) is 2.01. The van der Waals surface area contributed by atoms with Crippen LogP contribution < -0.4 is 4.72 Å². The average Bonchev–Trinajstić information content (AvgIpc) is 2.36. The van der Waals surface area contributed by atoms with Crippen LogP contribution in [-0.4, -0.2) is 28.3 Å². The van der Waals surface area contributed by atoms with E-state index >= 15 is 0 Å². The molecule has 0 spiro atoms. The van der Waals surface area contributed by atoms with Gasteiger partial charge < -0.3 is 0 Å². The maximum atomic E-state index is 11.9. The van der Waals surface area contributed by atoms with Crippen molar-refractivity contribution in [1.82, 2.24) is 4.72 Å². The third-order valence-corrected chi connectivity index (χ3v) is 6.71. The van der Waals surface area contributed by atoms with Gasteiger partial charge in [0.05, 0.1) is 16.4 Å². The van der Waals surface area contributed by atoms with Gasteiger partial charge in [-0.25, -0.2) is 21.6 Å². The minimum Gasteiger partial charge on any atom is -0.224 e. The lowest BCUT2D eigenvalue weighted by atomic mass is 10.1. The Labute approximate surface area is 120 Å². The molecular weight excluding hydrogens is 298 g/mol. The van der Waals surface area contributed by atoms with E-state index < -0.39 is 19.9 Å². The summed E-state index contributed by atoms with van der Waals surface area (Å²) in [5, 5.41) is 0. The zero-order valence-electron chi connectivity index (χ0n) is 11.4. The number of benzene rings is 1. The summed E-state index contributed by atoms with van der Waals surface area (Å²) in [6.07, 6.45) is 1.92. The lowest BCUT2D eigenvalue weighted by Gasteiger charge is -2.17. The van der Waals surface area contributed by atoms with E-state index in [4.69, 9.17) is 0 Å². The zero-order valence-corrected chi connectivity index (χ0v) is 13.1. The van der Waals surface area contributed by atoms with Crippen molar-refractivity contribution in [1.29, 1.82) is 0 Å². The third-order valence-electron chi connectivity index (χ3n) is 3.29. The van der Waals surface area contributed by atoms with Crippen LogP contribution in [0.4, 0.5) is 0 Å². The molecule has 0 unspecified atom stereocenters. The third kappa shape index (κ3) is 3.59. The van der Waals surface area contributed by atoms with E-state index in [-0.39, 0.29) is 18.1 Å². The lowest BCUT2D eigenvalue weighted by Crippen LogP contribution is -2.26. The monoisotopic (exact) mass is 317 g/mol. The standard InChI is InChI=1S/C13H19NO4S2/c1-2-7-20(17,18)14-10-11-5-6-13-12(9-11)4-3-8-19(13,15)16/h5-6,9,14H,2-4,7-8,10H2,1H3. The van der Waals surface area contributed by atoms with Gasteiger partial charge in [0, 0.05) is 6.54 Å². The maximum Gasteiger partial charge on any atom is 0.211 e. The quantitative estimate of drug-likeness (QED) is 0.886. The van der Waals surface area contributed by atoms with Gasteiger partial charge >= 0.3 is 0 Å². The molecule has 0 amide bonds. The van der Waals surface area contributed by atoms with E-state index in [1.807, 2.05) is 6.92 Å². The Kier molecular flexibility index (Phi) is 4.51. The summed E-state index contributed by atoms with van der Waals surface area (Å²) in [6, 6.07) is 5.06. The Bertz CT molecular complexity index is 693. The fourth-order valence-corrected chi connectivity index (χ4v) is 4.99. The van der Waals surface area contributed by atoms with E-state index in [1.165, 1.54) is 0 Å². The lowest BCUT2D eigenvalue weighted by molar-refractivity contribution is 0.578. The van der Waals surface area contributed by atoms with Crippen molar-refractivity contribution in [2.75, 3.05) is 11.5 Å². The molecule has 1 aliphatic rings. The Morgan fingerprint density at radius 3 is 2.75 bits per heavy atom. The smallest absolute Gasteiger partial charge is 0.211 e. The molecule has 7 heteroatoms. The molecule has 0 saturated carbocycles. The van der Waals surface area contributed by atoms with Crippen molar-refractivity contribution in [3.63, 3.8) is 0 Å². The molecule has 0 fully saturated rings. The first-order valence-corrected chi connectivity index (χ1v) is 9.96. The molecule has 1 N–H and O–H groups in total. The predicted molar refractivity (Wildman–Crippen MR) is 77.7 cm³/mol. The Balaban J connectivity index is 2.17. The summed E-state index contributed by atoms with van der Waals surface area (Å²) in [5.41, 5.74) is 1.59. The van der Waals surface area contributed by atoms with Crippen LogP contribution in [0.1, 0.15) is 30.9 Å². The van der Waals surface area contributed by atoms with Gasteiger partial charge in [-0.3, -0.25) is 0 Å². The molecule has 20 heavy (non-hydrogen) atoms. The molecule has 2 rings (SSSR count). The van der Waals surface area contributed by atoms with Crippen LogP contribution in [0.15, 0.2) is 23.1 Å². The molecule has 0 saturated heterocycles. The summed E-state index contributed by atoms with van der Waals surface area (Å²) < 4.78 is 49.5. The Morgan fingerprint density at radius 1 is 1.30 bits per heavy atom. The first-order valence-electron chi connectivity index (χ1n) is 6.66. The molecule has 1 aromatic carbocycles. The second kappa shape index (κ2) is 5.83. The molecule has 112 valence electrons. The molecule has 1 heterocycles. The van der Waals surface area contributed by atoms with Crippen LogP contribution in [0.2, 0.25) is 0 Å². The van der Waals surface area contributed by atoms with Crippen LogP contribution in [0, 0.1) is 0 Å². The SMILES string of the molecule is CCCS(=O)(=O)NCc1ccc2c(c1)CCCS2(=O)=O. The summed E-state index contributed by atoms with van der Waals surface area (Å²) in [5.74, 6) is 0.300. The number of sulfone groups is 1. The van der Waals surface area contributed by atoms with Gasteiger partial charge in [0.25, 0.3) is 0 Å². The summed E-state index contributed by atoms with van der Waals surface area (Å²) in [7, 11) is -6.39. The first kappa shape index (κ1) is 15.5. The molecule has 5 nitrogen and oxygen atoms in total. The largest absolute Gasteiger partial charge is 0.224 e. The van der Waals surface area contributed by atoms with E-state index in [0.717, 1.165) is 17.5 Å². The van der Waals surface area contributed by atoms with E-state index in [2.05, 4.69) is 4.72 Å². The van der Waals surface area contributed by atoms with Crippen LogP contribution >= 0.6 is 0 Å². The number of hydrogen-bond acceptors (Lipinski definition) is 4. The maximum absolute atomic E-state index is 11.9. The zero-order chi connectivity index (χ0) is 14.8. The highest BCUT2D eigenvalue weighted by atomic mass is 32.2. The Morgan fingerprint density at radius 2 is 2.05 bits per heavy atom. The van der Waals surface area contributed by atoms with Gasteiger partial charge in [-0.15, -0.1) is 0 Å². The Hall–Kier alpha value is -0.920. The number of fused-ring (bicyclic) bond motifs is 1. The molecular formula is C13H19NO4S2. The van der Waals surface area contributed by atoms with Crippen LogP contribution in [0.5, 0.6) is 0 Å². The molecule has 0 radical (unpaired) electrons. The number of nitrogens with one attached hydrogen (secondary N) is 1. The normalized spacial score (nSPS) is 17.6. The molecule has 0 atom stereocenters. The van der Waals surface area contributed by atoms with Crippen molar-refractivity contribution in [2.24, 2.45) is 0 Å². The van der Waals surface area contributed by atoms with Gasteiger partial charge in [-0.05, 0) is 36.5 Å². The average molecular weight is 317 g/mol. The van der Waals surface area contributed by atoms with Crippen LogP contribution in [0.3, 0.4) is 0 Å². The minimum atomic E-state index is -3.24. The van der Waals surface area contributed by atoms with Gasteiger partial charge in [-0.1, -0.05) is 19.1 Å². The number of aryl methyl sites for hydroxylation is 1. The topological polar surface area (TPSA) is 80.3 Å². The second-order valence-electron chi connectivity index (χ2n) is 5.00. The highest BCUT2D eigenvalue weighted by Gasteiger charge is 2.23. The predicted octanol–water partition coefficient (Wildman–Crippen LogP) is 1.24. The fraction of sp³-hybridized carbons (Fsp3) is 0.538. The van der Waals surface area contributed by atoms with Crippen molar-refractivity contribution in [3.05, 3.63) is 29.3 Å². The number of rotatable bonds is 5. The number of hydrogen-bond donors (Lipinski definition) is 1. The van der Waals surface area contributed by atoms with Gasteiger partial charge in [0.15, 0.2) is 9.84 Å². The molecule has 1 aromatic rings. The van der Waals surface area contributed by atoms with E-state index in [9.17, 15) is 16.8 Å². The summed E-state index contributed by atoms with van der Waals surface area (Å²) in [4.78, 5) is 0.393. The fourth-order valence-electron chi connectivity index (χ4n) is 2.34. The van der Waals surface area contributed by atoms with Crippen molar-refractivity contribution in [2.45, 2.75) is 37.6 Å². The van der Waals surface area contributed by atoms with Crippen LogP contribution in [-0.2, 0) is 32.8 Å². The molecule has 0 aliphatic carbocycles. The van der Waals surface area contributed by atoms with Gasteiger partial charge in [0.1, 0.15) is 0 Å². The highest BCUT2D eigenvalue weighted by Crippen LogP contribution is 2.25. The van der Waals surface area contributed by atoms with Crippen molar-refractivity contribution in [3.8, 4) is 0 Å². The number of sulfonamides is 1. The van der Waals surface area contributed by atoms with Crippen molar-refractivity contribution >= 4 is 19.9 Å².